The average Bonchev–Trinajstić information content (AvgIpc) is 2.76. The number of ether oxygens (including phenoxy) is 1. The number of carboxylic acid groups (broad SMARTS) is 1. The number of carbonyl (C=O) groups is 2. The zero-order valence-corrected chi connectivity index (χ0v) is 18.7. The molecule has 0 radical (unpaired) electrons. The number of pyridine rings is 1. The summed E-state index contributed by atoms with van der Waals surface area (Å²) in [6.45, 7) is 4.57. The molecule has 34 heavy (non-hydrogen) atoms. The predicted octanol–water partition coefficient (Wildman–Crippen LogP) is 5.50. The number of aliphatic carboxylic acids is 1. The Morgan fingerprint density at radius 3 is 2.12 bits per heavy atom. The molecule has 0 aliphatic carbocycles. The van der Waals surface area contributed by atoms with E-state index in [2.05, 4.69) is 10.3 Å². The first-order valence-corrected chi connectivity index (χ1v) is 10.3. The lowest BCUT2D eigenvalue weighted by Crippen LogP contribution is -2.37. The van der Waals surface area contributed by atoms with Crippen molar-refractivity contribution in [1.82, 2.24) is 4.98 Å². The molecule has 2 N–H and O–H groups in total. The Kier molecular flexibility index (Phi) is 6.95. The van der Waals surface area contributed by atoms with E-state index in [-0.39, 0.29) is 12.3 Å². The molecular weight excluding hydrogens is 449 g/mol. The van der Waals surface area contributed by atoms with Crippen LogP contribution in [0.4, 0.5) is 18.9 Å². The Bertz CT molecular complexity index is 1190. The molecule has 0 saturated carbocycles. The Balaban J connectivity index is 1.63. The summed E-state index contributed by atoms with van der Waals surface area (Å²) in [7, 11) is 0. The minimum atomic E-state index is -4.40. The minimum Gasteiger partial charge on any atom is -0.478 e. The first-order valence-electron chi connectivity index (χ1n) is 10.3. The third-order valence-corrected chi connectivity index (χ3v) is 5.04. The van der Waals surface area contributed by atoms with Crippen LogP contribution in [0.1, 0.15) is 30.7 Å². The predicted molar refractivity (Wildman–Crippen MR) is 121 cm³/mol. The standard InChI is InChI=1S/C25H23F3N2O4/c1-15-20(12-13-21(29-15)17-6-8-18(9-7-17)25(26,27)28)30-22(31)14-16-4-10-19(11-5-16)34-24(2,3)23(32)33/h4-13H,14H2,1-3H3,(H,30,31)(H,32,33). The van der Waals surface area contributed by atoms with Crippen LogP contribution < -0.4 is 10.1 Å². The van der Waals surface area contributed by atoms with E-state index >= 15 is 0 Å². The highest BCUT2D eigenvalue weighted by Crippen LogP contribution is 2.31. The summed E-state index contributed by atoms with van der Waals surface area (Å²) in [6, 6.07) is 14.5. The van der Waals surface area contributed by atoms with Crippen LogP contribution >= 0.6 is 0 Å². The Hall–Kier alpha value is -3.88. The van der Waals surface area contributed by atoms with Gasteiger partial charge in [-0.05, 0) is 62.7 Å². The van der Waals surface area contributed by atoms with Crippen molar-refractivity contribution in [3.05, 3.63) is 77.5 Å². The fourth-order valence-corrected chi connectivity index (χ4v) is 3.08. The molecule has 0 aliphatic heterocycles. The van der Waals surface area contributed by atoms with Crippen molar-refractivity contribution in [2.24, 2.45) is 0 Å². The van der Waals surface area contributed by atoms with Gasteiger partial charge in [-0.15, -0.1) is 0 Å². The number of nitrogens with zero attached hydrogens (tertiary/aromatic N) is 1. The summed E-state index contributed by atoms with van der Waals surface area (Å²) in [6.07, 6.45) is -4.33. The van der Waals surface area contributed by atoms with Crippen LogP contribution in [0.15, 0.2) is 60.7 Å². The number of carboxylic acids is 1. The Morgan fingerprint density at radius 1 is 0.971 bits per heavy atom. The molecule has 6 nitrogen and oxygen atoms in total. The van der Waals surface area contributed by atoms with Gasteiger partial charge in [0, 0.05) is 5.56 Å². The van der Waals surface area contributed by atoms with Crippen molar-refractivity contribution in [2.75, 3.05) is 5.32 Å². The minimum absolute atomic E-state index is 0.0721. The summed E-state index contributed by atoms with van der Waals surface area (Å²) in [5.41, 5.74) is 0.614. The molecule has 0 bridgehead atoms. The first kappa shape index (κ1) is 24.8. The molecule has 0 spiro atoms. The van der Waals surface area contributed by atoms with E-state index in [1.807, 2.05) is 0 Å². The Morgan fingerprint density at radius 2 is 1.59 bits per heavy atom. The highest BCUT2D eigenvalue weighted by molar-refractivity contribution is 5.93. The number of hydrogen-bond donors (Lipinski definition) is 2. The van der Waals surface area contributed by atoms with Crippen molar-refractivity contribution < 1.29 is 32.6 Å². The van der Waals surface area contributed by atoms with Crippen molar-refractivity contribution in [2.45, 2.75) is 39.0 Å². The number of halogens is 3. The van der Waals surface area contributed by atoms with Gasteiger partial charge in [-0.1, -0.05) is 24.3 Å². The molecule has 3 aromatic rings. The maximum atomic E-state index is 12.7. The summed E-state index contributed by atoms with van der Waals surface area (Å²) >= 11 is 0. The normalized spacial score (nSPS) is 11.7. The fourth-order valence-electron chi connectivity index (χ4n) is 3.08. The monoisotopic (exact) mass is 472 g/mol. The molecule has 1 amide bonds. The number of rotatable bonds is 7. The van der Waals surface area contributed by atoms with Crippen LogP contribution in [0, 0.1) is 6.92 Å². The smallest absolute Gasteiger partial charge is 0.416 e. The third kappa shape index (κ3) is 6.12. The van der Waals surface area contributed by atoms with Gasteiger partial charge >= 0.3 is 12.1 Å². The lowest BCUT2D eigenvalue weighted by atomic mass is 10.1. The van der Waals surface area contributed by atoms with E-state index in [1.54, 1.807) is 43.3 Å². The van der Waals surface area contributed by atoms with Gasteiger partial charge in [0.2, 0.25) is 5.91 Å². The molecule has 3 rings (SSSR count). The van der Waals surface area contributed by atoms with Crippen molar-refractivity contribution >= 4 is 17.6 Å². The van der Waals surface area contributed by atoms with Crippen LogP contribution in [0.25, 0.3) is 11.3 Å². The molecule has 178 valence electrons. The second-order valence-electron chi connectivity index (χ2n) is 8.19. The Labute approximate surface area is 194 Å². The van der Waals surface area contributed by atoms with Gasteiger partial charge in [-0.25, -0.2) is 4.79 Å². The molecule has 2 aromatic carbocycles. The molecule has 0 saturated heterocycles. The van der Waals surface area contributed by atoms with E-state index < -0.39 is 23.3 Å². The maximum absolute atomic E-state index is 12.7. The molecular formula is C25H23F3N2O4. The highest BCUT2D eigenvalue weighted by Gasteiger charge is 2.30. The average molecular weight is 472 g/mol. The number of aromatic nitrogens is 1. The molecule has 0 atom stereocenters. The molecule has 1 aromatic heterocycles. The zero-order chi connectivity index (χ0) is 25.1. The van der Waals surface area contributed by atoms with Crippen LogP contribution in [0.5, 0.6) is 5.75 Å². The molecule has 1 heterocycles. The van der Waals surface area contributed by atoms with E-state index in [0.717, 1.165) is 12.1 Å². The van der Waals surface area contributed by atoms with Crippen LogP contribution in [0.2, 0.25) is 0 Å². The lowest BCUT2D eigenvalue weighted by molar-refractivity contribution is -0.152. The largest absolute Gasteiger partial charge is 0.478 e. The number of hydrogen-bond acceptors (Lipinski definition) is 4. The lowest BCUT2D eigenvalue weighted by Gasteiger charge is -2.21. The highest BCUT2D eigenvalue weighted by atomic mass is 19.4. The van der Waals surface area contributed by atoms with Gasteiger partial charge in [0.15, 0.2) is 5.60 Å². The molecule has 0 aliphatic rings. The first-order chi connectivity index (χ1) is 15.8. The summed E-state index contributed by atoms with van der Waals surface area (Å²) in [5.74, 6) is -1.01. The number of aryl methyl sites for hydroxylation is 1. The van der Waals surface area contributed by atoms with Crippen LogP contribution in [0.3, 0.4) is 0 Å². The van der Waals surface area contributed by atoms with Gasteiger partial charge < -0.3 is 15.2 Å². The van der Waals surface area contributed by atoms with Gasteiger partial charge in [0.25, 0.3) is 0 Å². The number of carbonyl (C=O) groups excluding carboxylic acids is 1. The van der Waals surface area contributed by atoms with E-state index in [4.69, 9.17) is 9.84 Å². The van der Waals surface area contributed by atoms with Gasteiger partial charge in [0.1, 0.15) is 5.75 Å². The number of nitrogens with one attached hydrogen (secondary N) is 1. The fraction of sp³-hybridized carbons (Fsp3) is 0.240. The third-order valence-electron chi connectivity index (χ3n) is 5.04. The second kappa shape index (κ2) is 9.54. The zero-order valence-electron chi connectivity index (χ0n) is 18.7. The van der Waals surface area contributed by atoms with Gasteiger partial charge in [0.05, 0.1) is 29.1 Å². The van der Waals surface area contributed by atoms with Gasteiger partial charge in [-0.3, -0.25) is 9.78 Å². The number of benzene rings is 2. The van der Waals surface area contributed by atoms with Crippen molar-refractivity contribution in [3.8, 4) is 17.0 Å². The summed E-state index contributed by atoms with van der Waals surface area (Å²) in [5, 5.41) is 11.9. The van der Waals surface area contributed by atoms with Crippen molar-refractivity contribution in [3.63, 3.8) is 0 Å². The molecule has 9 heteroatoms. The van der Waals surface area contributed by atoms with Crippen LogP contribution in [-0.4, -0.2) is 27.6 Å². The van der Waals surface area contributed by atoms with Crippen LogP contribution in [-0.2, 0) is 22.2 Å². The van der Waals surface area contributed by atoms with E-state index in [1.165, 1.54) is 26.0 Å². The maximum Gasteiger partial charge on any atom is 0.416 e. The molecule has 0 unspecified atom stereocenters. The molecule has 0 fully saturated rings. The summed E-state index contributed by atoms with van der Waals surface area (Å²) < 4.78 is 43.7. The van der Waals surface area contributed by atoms with E-state index in [9.17, 15) is 22.8 Å². The summed E-state index contributed by atoms with van der Waals surface area (Å²) in [4.78, 5) is 28.0. The second-order valence-corrected chi connectivity index (χ2v) is 8.19. The number of amides is 1. The topological polar surface area (TPSA) is 88.5 Å². The SMILES string of the molecule is Cc1nc(-c2ccc(C(F)(F)F)cc2)ccc1NC(=O)Cc1ccc(OC(C)(C)C(=O)O)cc1. The number of alkyl halides is 3. The number of anilines is 1. The quantitative estimate of drug-likeness (QED) is 0.474. The van der Waals surface area contributed by atoms with Gasteiger partial charge in [-0.2, -0.15) is 13.2 Å². The van der Waals surface area contributed by atoms with Crippen molar-refractivity contribution in [1.29, 1.82) is 0 Å². The van der Waals surface area contributed by atoms with E-state index in [0.29, 0.717) is 34.0 Å².